The lowest BCUT2D eigenvalue weighted by molar-refractivity contribution is -0.133. The second kappa shape index (κ2) is 3.87. The summed E-state index contributed by atoms with van der Waals surface area (Å²) in [4.78, 5) is 10.4. The molecule has 6 nitrogen and oxygen atoms in total. The molecule has 14 heavy (non-hydrogen) atoms. The van der Waals surface area contributed by atoms with Crippen molar-refractivity contribution in [3.05, 3.63) is 0 Å². The fourth-order valence-electron chi connectivity index (χ4n) is 1.29. The molecular formula is C7H10N4O2S. The maximum Gasteiger partial charge on any atom is 0.313 e. The highest BCUT2D eigenvalue weighted by molar-refractivity contribution is 7.99. The summed E-state index contributed by atoms with van der Waals surface area (Å²) in [5.74, 6) is -0.0711. The molecule has 0 saturated heterocycles. The van der Waals surface area contributed by atoms with Gasteiger partial charge in [0.1, 0.15) is 0 Å². The van der Waals surface area contributed by atoms with Crippen molar-refractivity contribution in [1.82, 2.24) is 14.8 Å². The summed E-state index contributed by atoms with van der Waals surface area (Å²) < 4.78 is 1.91. The van der Waals surface area contributed by atoms with Crippen LogP contribution >= 0.6 is 11.8 Å². The number of fused-ring (bicyclic) bond motifs is 1. The Labute approximate surface area is 84.7 Å². The Hall–Kier alpha value is -1.24. The van der Waals surface area contributed by atoms with Crippen LogP contribution in [0.2, 0.25) is 0 Å². The number of hydrogen-bond donors (Lipinski definition) is 2. The molecule has 0 aromatic carbocycles. The number of rotatable bonds is 3. The number of carbonyl (C=O) groups is 1. The van der Waals surface area contributed by atoms with Gasteiger partial charge in [0.15, 0.2) is 5.16 Å². The number of nitrogens with one attached hydrogen (secondary N) is 1. The highest BCUT2D eigenvalue weighted by atomic mass is 32.2. The van der Waals surface area contributed by atoms with Gasteiger partial charge in [0.25, 0.3) is 0 Å². The van der Waals surface area contributed by atoms with Gasteiger partial charge in [-0.15, -0.1) is 10.2 Å². The number of hydrogen-bond acceptors (Lipinski definition) is 5. The van der Waals surface area contributed by atoms with Crippen LogP contribution in [0.15, 0.2) is 5.16 Å². The first-order chi connectivity index (χ1) is 6.77. The smallest absolute Gasteiger partial charge is 0.313 e. The van der Waals surface area contributed by atoms with Gasteiger partial charge >= 0.3 is 5.97 Å². The van der Waals surface area contributed by atoms with Crippen molar-refractivity contribution in [3.8, 4) is 0 Å². The topological polar surface area (TPSA) is 80.0 Å². The summed E-state index contributed by atoms with van der Waals surface area (Å²) in [5, 5.41) is 20.1. The average Bonchev–Trinajstić information content (AvgIpc) is 2.58. The van der Waals surface area contributed by atoms with Gasteiger partial charge < -0.3 is 10.4 Å². The SMILES string of the molecule is O=C(O)CSc1nnc2n1CCCN2. The third-order valence-corrected chi connectivity index (χ3v) is 2.83. The molecule has 0 fully saturated rings. The van der Waals surface area contributed by atoms with Crippen LogP contribution in [0.3, 0.4) is 0 Å². The minimum Gasteiger partial charge on any atom is -0.481 e. The number of thioether (sulfide) groups is 1. The second-order valence-electron chi connectivity index (χ2n) is 2.92. The molecule has 0 bridgehead atoms. The van der Waals surface area contributed by atoms with E-state index in [-0.39, 0.29) is 5.75 Å². The Morgan fingerprint density at radius 2 is 2.50 bits per heavy atom. The third kappa shape index (κ3) is 1.82. The van der Waals surface area contributed by atoms with Crippen LogP contribution in [0.5, 0.6) is 0 Å². The highest BCUT2D eigenvalue weighted by Crippen LogP contribution is 2.21. The number of anilines is 1. The normalized spacial score (nSPS) is 14.6. The minimum absolute atomic E-state index is 0.0259. The third-order valence-electron chi connectivity index (χ3n) is 1.88. The van der Waals surface area contributed by atoms with Crippen LogP contribution < -0.4 is 5.32 Å². The number of aliphatic carboxylic acids is 1. The number of carboxylic acid groups (broad SMARTS) is 1. The van der Waals surface area contributed by atoms with Gasteiger partial charge in [0.05, 0.1) is 5.75 Å². The first-order valence-corrected chi connectivity index (χ1v) is 5.27. The van der Waals surface area contributed by atoms with Crippen molar-refractivity contribution in [2.45, 2.75) is 18.1 Å². The van der Waals surface area contributed by atoms with E-state index in [4.69, 9.17) is 5.11 Å². The molecule has 0 aliphatic carbocycles. The standard InChI is InChI=1S/C7H10N4O2S/c12-5(13)4-14-7-10-9-6-8-2-1-3-11(6)7/h1-4H2,(H,8,9)(H,12,13). The first-order valence-electron chi connectivity index (χ1n) is 4.29. The van der Waals surface area contributed by atoms with E-state index in [9.17, 15) is 4.79 Å². The van der Waals surface area contributed by atoms with Crippen molar-refractivity contribution in [2.75, 3.05) is 17.6 Å². The van der Waals surface area contributed by atoms with E-state index in [0.29, 0.717) is 5.16 Å². The summed E-state index contributed by atoms with van der Waals surface area (Å²) in [5.41, 5.74) is 0. The largest absolute Gasteiger partial charge is 0.481 e. The molecule has 0 saturated carbocycles. The van der Waals surface area contributed by atoms with E-state index in [1.807, 2.05) is 4.57 Å². The highest BCUT2D eigenvalue weighted by Gasteiger charge is 2.15. The molecule has 0 spiro atoms. The molecule has 1 aliphatic rings. The summed E-state index contributed by atoms with van der Waals surface area (Å²) in [7, 11) is 0. The van der Waals surface area contributed by atoms with Crippen LogP contribution in [0.25, 0.3) is 0 Å². The lowest BCUT2D eigenvalue weighted by Gasteiger charge is -2.15. The molecule has 7 heteroatoms. The van der Waals surface area contributed by atoms with Crippen molar-refractivity contribution < 1.29 is 9.90 Å². The molecule has 2 heterocycles. The van der Waals surface area contributed by atoms with E-state index in [2.05, 4.69) is 15.5 Å². The van der Waals surface area contributed by atoms with Crippen LogP contribution in [-0.2, 0) is 11.3 Å². The predicted molar refractivity (Wildman–Crippen MR) is 51.5 cm³/mol. The van der Waals surface area contributed by atoms with Gasteiger partial charge in [-0.3, -0.25) is 9.36 Å². The Kier molecular flexibility index (Phi) is 2.58. The van der Waals surface area contributed by atoms with Crippen molar-refractivity contribution in [3.63, 3.8) is 0 Å². The predicted octanol–water partition coefficient (Wildman–Crippen LogP) is 0.270. The summed E-state index contributed by atoms with van der Waals surface area (Å²) in [6, 6.07) is 0. The molecule has 0 amide bonds. The Morgan fingerprint density at radius 1 is 1.64 bits per heavy atom. The fourth-order valence-corrected chi connectivity index (χ4v) is 1.98. The van der Waals surface area contributed by atoms with E-state index in [1.165, 1.54) is 11.8 Å². The van der Waals surface area contributed by atoms with E-state index in [0.717, 1.165) is 25.5 Å². The van der Waals surface area contributed by atoms with E-state index in [1.54, 1.807) is 0 Å². The summed E-state index contributed by atoms with van der Waals surface area (Å²) in [6.07, 6.45) is 1.02. The van der Waals surface area contributed by atoms with Gasteiger partial charge in [-0.25, -0.2) is 0 Å². The second-order valence-corrected chi connectivity index (χ2v) is 3.86. The molecule has 2 rings (SSSR count). The van der Waals surface area contributed by atoms with Gasteiger partial charge in [-0.05, 0) is 6.42 Å². The van der Waals surface area contributed by atoms with E-state index >= 15 is 0 Å². The molecule has 1 aromatic rings. The summed E-state index contributed by atoms with van der Waals surface area (Å²) >= 11 is 1.20. The maximum atomic E-state index is 10.4. The number of nitrogens with zero attached hydrogens (tertiary/aromatic N) is 3. The Bertz CT molecular complexity index is 351. The monoisotopic (exact) mass is 214 g/mol. The molecule has 0 atom stereocenters. The van der Waals surface area contributed by atoms with Crippen molar-refractivity contribution >= 4 is 23.7 Å². The lowest BCUT2D eigenvalue weighted by Crippen LogP contribution is -2.17. The molecule has 0 radical (unpaired) electrons. The zero-order valence-electron chi connectivity index (χ0n) is 7.43. The molecular weight excluding hydrogens is 204 g/mol. The molecule has 76 valence electrons. The molecule has 2 N–H and O–H groups in total. The van der Waals surface area contributed by atoms with Crippen molar-refractivity contribution in [2.24, 2.45) is 0 Å². The average molecular weight is 214 g/mol. The van der Waals surface area contributed by atoms with Crippen molar-refractivity contribution in [1.29, 1.82) is 0 Å². The van der Waals surface area contributed by atoms with Crippen LogP contribution in [-0.4, -0.2) is 38.1 Å². The minimum atomic E-state index is -0.837. The number of aromatic nitrogens is 3. The first kappa shape index (κ1) is 9.32. The van der Waals surface area contributed by atoms with Crippen LogP contribution in [0.4, 0.5) is 5.95 Å². The van der Waals surface area contributed by atoms with E-state index < -0.39 is 5.97 Å². The van der Waals surface area contributed by atoms with Crippen LogP contribution in [0.1, 0.15) is 6.42 Å². The van der Waals surface area contributed by atoms with Gasteiger partial charge in [-0.2, -0.15) is 0 Å². The fraction of sp³-hybridized carbons (Fsp3) is 0.571. The summed E-state index contributed by atoms with van der Waals surface area (Å²) in [6.45, 7) is 1.76. The number of carboxylic acids is 1. The van der Waals surface area contributed by atoms with Gasteiger partial charge in [0, 0.05) is 13.1 Å². The van der Waals surface area contributed by atoms with Gasteiger partial charge in [-0.1, -0.05) is 11.8 Å². The van der Waals surface area contributed by atoms with Crippen LogP contribution in [0, 0.1) is 0 Å². The zero-order chi connectivity index (χ0) is 9.97. The Morgan fingerprint density at radius 3 is 3.29 bits per heavy atom. The molecule has 1 aliphatic heterocycles. The maximum absolute atomic E-state index is 10.4. The zero-order valence-corrected chi connectivity index (χ0v) is 8.25. The lowest BCUT2D eigenvalue weighted by atomic mass is 10.4. The molecule has 0 unspecified atom stereocenters. The quantitative estimate of drug-likeness (QED) is 0.703. The molecule has 1 aromatic heterocycles. The Balaban J connectivity index is 2.10. The van der Waals surface area contributed by atoms with Gasteiger partial charge in [0.2, 0.25) is 5.95 Å².